The smallest absolute Gasteiger partial charge is 0.262 e. The highest BCUT2D eigenvalue weighted by molar-refractivity contribution is 8.00. The molecular weight excluding hydrogens is 334 g/mol. The monoisotopic (exact) mass is 351 g/mol. The van der Waals surface area contributed by atoms with E-state index in [2.05, 4.69) is 11.1 Å². The summed E-state index contributed by atoms with van der Waals surface area (Å²) < 4.78 is 6.95. The van der Waals surface area contributed by atoms with Gasteiger partial charge in [-0.05, 0) is 38.5 Å². The van der Waals surface area contributed by atoms with Crippen molar-refractivity contribution in [2.24, 2.45) is 0 Å². The summed E-state index contributed by atoms with van der Waals surface area (Å²) in [5.74, 6) is 0. The molecule has 5 nitrogen and oxygen atoms in total. The average molecular weight is 352 g/mol. The average Bonchev–Trinajstić information content (AvgIpc) is 2.53. The summed E-state index contributed by atoms with van der Waals surface area (Å²) in [6.45, 7) is 5.45. The molecule has 0 saturated carbocycles. The van der Waals surface area contributed by atoms with E-state index in [4.69, 9.17) is 21.6 Å². The fourth-order valence-electron chi connectivity index (χ4n) is 2.11. The highest BCUT2D eigenvalue weighted by atomic mass is 35.5. The normalized spacial score (nSPS) is 12.3. The largest absolute Gasteiger partial charge is 0.382 e. The van der Waals surface area contributed by atoms with E-state index in [1.54, 1.807) is 29.7 Å². The molecule has 0 radical (unpaired) electrons. The maximum absolute atomic E-state index is 12.7. The van der Waals surface area contributed by atoms with Crippen molar-refractivity contribution in [3.63, 3.8) is 0 Å². The minimum atomic E-state index is -0.295. The first-order valence-corrected chi connectivity index (χ1v) is 8.66. The molecule has 1 aromatic heterocycles. The quantitative estimate of drug-likeness (QED) is 0.434. The first-order valence-electron chi connectivity index (χ1n) is 7.41. The van der Waals surface area contributed by atoms with Crippen LogP contribution in [0.1, 0.15) is 20.3 Å². The summed E-state index contributed by atoms with van der Waals surface area (Å²) in [4.78, 5) is 17.3. The van der Waals surface area contributed by atoms with Crippen LogP contribution in [-0.2, 0) is 11.3 Å². The van der Waals surface area contributed by atoms with Crippen molar-refractivity contribution < 1.29 is 4.74 Å². The van der Waals surface area contributed by atoms with E-state index in [0.29, 0.717) is 47.3 Å². The third-order valence-corrected chi connectivity index (χ3v) is 4.44. The molecule has 2 aromatic rings. The second kappa shape index (κ2) is 8.34. The van der Waals surface area contributed by atoms with Crippen molar-refractivity contribution in [3.05, 3.63) is 33.6 Å². The number of halogens is 1. The molecule has 0 aliphatic heterocycles. The summed E-state index contributed by atoms with van der Waals surface area (Å²) in [6, 6.07) is 7.19. The van der Waals surface area contributed by atoms with Crippen LogP contribution < -0.4 is 5.56 Å². The number of nitrogens with zero attached hydrogens (tertiary/aromatic N) is 3. The van der Waals surface area contributed by atoms with Crippen LogP contribution in [0.2, 0.25) is 5.02 Å². The summed E-state index contributed by atoms with van der Waals surface area (Å²) in [5.41, 5.74) is 0.437. The van der Waals surface area contributed by atoms with Crippen LogP contribution in [-0.4, -0.2) is 28.0 Å². The van der Waals surface area contributed by atoms with Crippen LogP contribution in [0.25, 0.3) is 10.9 Å². The van der Waals surface area contributed by atoms with Gasteiger partial charge in [0, 0.05) is 24.8 Å². The lowest BCUT2D eigenvalue weighted by atomic mass is 10.2. The Morgan fingerprint density at radius 3 is 3.00 bits per heavy atom. The van der Waals surface area contributed by atoms with Crippen LogP contribution >= 0.6 is 23.4 Å². The lowest BCUT2D eigenvalue weighted by Crippen LogP contribution is -2.24. The van der Waals surface area contributed by atoms with Crippen LogP contribution in [0.15, 0.2) is 28.2 Å². The molecule has 2 rings (SSSR count). The van der Waals surface area contributed by atoms with Gasteiger partial charge in [-0.2, -0.15) is 5.26 Å². The molecule has 0 unspecified atom stereocenters. The van der Waals surface area contributed by atoms with E-state index in [9.17, 15) is 4.79 Å². The zero-order valence-corrected chi connectivity index (χ0v) is 14.7. The summed E-state index contributed by atoms with van der Waals surface area (Å²) in [7, 11) is 0. The summed E-state index contributed by atoms with van der Waals surface area (Å²) >= 11 is 7.27. The molecule has 1 atom stereocenters. The molecule has 7 heteroatoms. The molecule has 122 valence electrons. The number of benzene rings is 1. The number of nitriles is 1. The summed E-state index contributed by atoms with van der Waals surface area (Å²) in [6.07, 6.45) is 0.711. The standard InChI is InChI=1S/C16H18ClN3O2S/c1-3-22-8-4-7-20-15(21)13-6-5-12(17)9-14(13)19-16(20)23-11(2)10-18/h5-6,9,11H,3-4,7-8H2,1-2H3/t11-/m0/s1. The topological polar surface area (TPSA) is 67.9 Å². The number of hydrogen-bond donors (Lipinski definition) is 0. The fourth-order valence-corrected chi connectivity index (χ4v) is 3.10. The van der Waals surface area contributed by atoms with Gasteiger partial charge in [0.25, 0.3) is 5.56 Å². The van der Waals surface area contributed by atoms with E-state index in [1.807, 2.05) is 6.92 Å². The number of aromatic nitrogens is 2. The second-order valence-corrected chi connectivity index (χ2v) is 6.70. The predicted octanol–water partition coefficient (Wildman–Crippen LogP) is 3.48. The fraction of sp³-hybridized carbons (Fsp3) is 0.438. The van der Waals surface area contributed by atoms with Gasteiger partial charge in [0.2, 0.25) is 0 Å². The SMILES string of the molecule is CCOCCCn1c(S[C@@H](C)C#N)nc2cc(Cl)ccc2c1=O. The second-order valence-electron chi connectivity index (χ2n) is 4.95. The first kappa shape index (κ1) is 17.8. The molecule has 1 aromatic carbocycles. The number of ether oxygens (including phenoxy) is 1. The summed E-state index contributed by atoms with van der Waals surface area (Å²) in [5, 5.41) is 10.3. The zero-order valence-electron chi connectivity index (χ0n) is 13.1. The molecule has 0 saturated heterocycles. The Morgan fingerprint density at radius 1 is 1.52 bits per heavy atom. The van der Waals surface area contributed by atoms with Crippen molar-refractivity contribution in [3.8, 4) is 6.07 Å². The number of thioether (sulfide) groups is 1. The van der Waals surface area contributed by atoms with Crippen molar-refractivity contribution >= 4 is 34.3 Å². The number of rotatable bonds is 7. The highest BCUT2D eigenvalue weighted by Crippen LogP contribution is 2.23. The molecule has 0 aliphatic carbocycles. The first-order chi connectivity index (χ1) is 11.1. The Balaban J connectivity index is 2.45. The van der Waals surface area contributed by atoms with Crippen LogP contribution in [0, 0.1) is 11.3 Å². The van der Waals surface area contributed by atoms with Gasteiger partial charge in [0.15, 0.2) is 5.16 Å². The van der Waals surface area contributed by atoms with Gasteiger partial charge < -0.3 is 4.74 Å². The molecule has 0 aliphatic rings. The minimum Gasteiger partial charge on any atom is -0.382 e. The Bertz CT molecular complexity index is 785. The van der Waals surface area contributed by atoms with Crippen molar-refractivity contribution in [2.75, 3.05) is 13.2 Å². The molecular formula is C16H18ClN3O2S. The van der Waals surface area contributed by atoms with E-state index in [1.165, 1.54) is 11.8 Å². The van der Waals surface area contributed by atoms with Gasteiger partial charge in [0.1, 0.15) is 0 Å². The Hall–Kier alpha value is -1.55. The highest BCUT2D eigenvalue weighted by Gasteiger charge is 2.14. The lowest BCUT2D eigenvalue weighted by Gasteiger charge is -2.14. The van der Waals surface area contributed by atoms with Gasteiger partial charge in [-0.25, -0.2) is 4.98 Å². The van der Waals surface area contributed by atoms with Crippen LogP contribution in [0.5, 0.6) is 0 Å². The van der Waals surface area contributed by atoms with Crippen LogP contribution in [0.3, 0.4) is 0 Å². The van der Waals surface area contributed by atoms with Gasteiger partial charge >= 0.3 is 0 Å². The number of fused-ring (bicyclic) bond motifs is 1. The molecule has 0 N–H and O–H groups in total. The van der Waals surface area contributed by atoms with E-state index < -0.39 is 0 Å². The van der Waals surface area contributed by atoms with Crippen molar-refractivity contribution in [1.29, 1.82) is 5.26 Å². The van der Waals surface area contributed by atoms with Crippen molar-refractivity contribution in [2.45, 2.75) is 37.2 Å². The van der Waals surface area contributed by atoms with E-state index in [-0.39, 0.29) is 10.8 Å². The third-order valence-electron chi connectivity index (χ3n) is 3.22. The lowest BCUT2D eigenvalue weighted by molar-refractivity contribution is 0.140. The minimum absolute atomic E-state index is 0.115. The van der Waals surface area contributed by atoms with Gasteiger partial charge in [-0.3, -0.25) is 9.36 Å². The maximum atomic E-state index is 12.7. The van der Waals surface area contributed by atoms with Gasteiger partial charge in [-0.1, -0.05) is 23.4 Å². The van der Waals surface area contributed by atoms with E-state index >= 15 is 0 Å². The van der Waals surface area contributed by atoms with Crippen LogP contribution in [0.4, 0.5) is 0 Å². The number of hydrogen-bond acceptors (Lipinski definition) is 5. The van der Waals surface area contributed by atoms with E-state index in [0.717, 1.165) is 0 Å². The Morgan fingerprint density at radius 2 is 2.30 bits per heavy atom. The maximum Gasteiger partial charge on any atom is 0.262 e. The van der Waals surface area contributed by atoms with Gasteiger partial charge in [0.05, 0.1) is 22.2 Å². The molecule has 1 heterocycles. The molecule has 0 amide bonds. The Labute approximate surface area is 144 Å². The molecule has 0 bridgehead atoms. The molecule has 0 fully saturated rings. The van der Waals surface area contributed by atoms with Crippen molar-refractivity contribution in [1.82, 2.24) is 9.55 Å². The zero-order chi connectivity index (χ0) is 16.8. The molecule has 0 spiro atoms. The predicted molar refractivity (Wildman–Crippen MR) is 93.1 cm³/mol. The molecule has 23 heavy (non-hydrogen) atoms. The van der Waals surface area contributed by atoms with Gasteiger partial charge in [-0.15, -0.1) is 0 Å². The third kappa shape index (κ3) is 4.47. The Kier molecular flexibility index (Phi) is 6.46.